The van der Waals surface area contributed by atoms with Gasteiger partial charge >= 0.3 is 0 Å². The molecule has 0 amide bonds. The van der Waals surface area contributed by atoms with Crippen LogP contribution in [-0.4, -0.2) is 9.55 Å². The predicted molar refractivity (Wildman–Crippen MR) is 233 cm³/mol. The average Bonchev–Trinajstić information content (AvgIpc) is 3.65. The molecule has 0 saturated heterocycles. The van der Waals surface area contributed by atoms with Crippen molar-refractivity contribution < 1.29 is 0 Å². The van der Waals surface area contributed by atoms with E-state index in [1.54, 1.807) is 0 Å². The number of imidazole rings is 1. The molecule has 9 aromatic carbocycles. The van der Waals surface area contributed by atoms with Crippen LogP contribution in [0, 0.1) is 0 Å². The molecule has 1 aromatic heterocycles. The maximum Gasteiger partial charge on any atom is 0.114 e. The second kappa shape index (κ2) is 13.7. The number of aromatic nitrogens is 2. The van der Waals surface area contributed by atoms with Gasteiger partial charge in [-0.25, -0.2) is 4.98 Å². The smallest absolute Gasteiger partial charge is 0.114 e. The van der Waals surface area contributed by atoms with E-state index >= 15 is 0 Å². The summed E-state index contributed by atoms with van der Waals surface area (Å²) in [5, 5.41) is 4.95. The van der Waals surface area contributed by atoms with Gasteiger partial charge in [0, 0.05) is 12.1 Å². The Bertz CT molecular complexity index is 2970. The number of fused-ring (bicyclic) bond motifs is 3. The molecule has 260 valence electrons. The lowest BCUT2D eigenvalue weighted by molar-refractivity contribution is 0.908. The highest BCUT2D eigenvalue weighted by atomic mass is 15.1. The van der Waals surface area contributed by atoms with Crippen molar-refractivity contribution >= 4 is 32.6 Å². The number of nitrogens with zero attached hydrogens (tertiary/aromatic N) is 2. The summed E-state index contributed by atoms with van der Waals surface area (Å²) in [5.41, 5.74) is 15.5. The van der Waals surface area contributed by atoms with Gasteiger partial charge < -0.3 is 0 Å². The molecule has 10 aromatic rings. The van der Waals surface area contributed by atoms with E-state index < -0.39 is 0 Å². The molecule has 0 bridgehead atoms. The second-order valence-corrected chi connectivity index (χ2v) is 14.2. The largest absolute Gasteiger partial charge is 0.296 e. The lowest BCUT2D eigenvalue weighted by Crippen LogP contribution is -2.00. The van der Waals surface area contributed by atoms with Crippen LogP contribution >= 0.6 is 0 Å². The highest BCUT2D eigenvalue weighted by Crippen LogP contribution is 2.46. The summed E-state index contributed by atoms with van der Waals surface area (Å²) in [6.07, 6.45) is 0.856. The fourth-order valence-corrected chi connectivity index (χ4v) is 8.41. The Labute approximate surface area is 321 Å². The molecule has 0 aliphatic carbocycles. The van der Waals surface area contributed by atoms with Crippen LogP contribution in [0.5, 0.6) is 0 Å². The summed E-state index contributed by atoms with van der Waals surface area (Å²) < 4.78 is 2.30. The maximum absolute atomic E-state index is 4.95. The molecule has 0 aliphatic rings. The van der Waals surface area contributed by atoms with Gasteiger partial charge in [-0.15, -0.1) is 0 Å². The summed E-state index contributed by atoms with van der Waals surface area (Å²) in [6, 6.07) is 72.7. The molecular formula is C53H38N2. The van der Waals surface area contributed by atoms with E-state index in [-0.39, 0.29) is 0 Å². The standard InChI is InChI=1S/C53H38N2/c1-2-51-54-49-23-13-14-24-50(49)55(51)42-32-29-40(30-33-42)52-45-21-11-12-22-46(45)53(39-27-25-37(26-28-39)36-15-5-3-6-16-36)48-35-41(31-34-47(48)52)44-20-10-9-19-43(44)38-17-7-4-8-18-38/h3-35H,2H2,1H3. The van der Waals surface area contributed by atoms with Crippen molar-refractivity contribution in [3.63, 3.8) is 0 Å². The van der Waals surface area contributed by atoms with Gasteiger partial charge in [-0.05, 0) is 108 Å². The van der Waals surface area contributed by atoms with Crippen molar-refractivity contribution in [3.05, 3.63) is 206 Å². The molecule has 0 unspecified atom stereocenters. The number of benzene rings is 9. The molecule has 55 heavy (non-hydrogen) atoms. The van der Waals surface area contributed by atoms with Crippen LogP contribution in [0.4, 0.5) is 0 Å². The van der Waals surface area contributed by atoms with Crippen LogP contribution in [0.25, 0.3) is 93.9 Å². The van der Waals surface area contributed by atoms with E-state index in [4.69, 9.17) is 4.98 Å². The van der Waals surface area contributed by atoms with Gasteiger partial charge in [0.15, 0.2) is 0 Å². The Balaban J connectivity index is 1.21. The first-order chi connectivity index (χ1) is 27.2. The Morgan fingerprint density at radius 2 is 0.855 bits per heavy atom. The van der Waals surface area contributed by atoms with Crippen LogP contribution in [-0.2, 0) is 6.42 Å². The summed E-state index contributed by atoms with van der Waals surface area (Å²) in [4.78, 5) is 4.95. The monoisotopic (exact) mass is 702 g/mol. The van der Waals surface area contributed by atoms with Crippen LogP contribution in [0.2, 0.25) is 0 Å². The highest BCUT2D eigenvalue weighted by Gasteiger charge is 2.19. The molecule has 2 heteroatoms. The van der Waals surface area contributed by atoms with Gasteiger partial charge in [-0.3, -0.25) is 4.57 Å². The average molecular weight is 703 g/mol. The third kappa shape index (κ3) is 5.71. The number of para-hydroxylation sites is 2. The zero-order chi connectivity index (χ0) is 36.7. The highest BCUT2D eigenvalue weighted by molar-refractivity contribution is 6.22. The normalized spacial score (nSPS) is 11.4. The van der Waals surface area contributed by atoms with E-state index in [0.717, 1.165) is 29.0 Å². The van der Waals surface area contributed by atoms with E-state index in [1.807, 2.05) is 0 Å². The van der Waals surface area contributed by atoms with Crippen LogP contribution in [0.1, 0.15) is 12.7 Å². The molecule has 0 N–H and O–H groups in total. The molecule has 0 radical (unpaired) electrons. The van der Waals surface area contributed by atoms with Gasteiger partial charge in [0.1, 0.15) is 5.82 Å². The number of hydrogen-bond donors (Lipinski definition) is 0. The van der Waals surface area contributed by atoms with Gasteiger partial charge in [0.05, 0.1) is 11.0 Å². The molecule has 2 nitrogen and oxygen atoms in total. The fraction of sp³-hybridized carbons (Fsp3) is 0.0377. The van der Waals surface area contributed by atoms with Gasteiger partial charge in [-0.1, -0.05) is 177 Å². The van der Waals surface area contributed by atoms with Crippen LogP contribution in [0.15, 0.2) is 200 Å². The first-order valence-electron chi connectivity index (χ1n) is 19.1. The summed E-state index contributed by atoms with van der Waals surface area (Å²) >= 11 is 0. The zero-order valence-electron chi connectivity index (χ0n) is 30.7. The molecule has 0 saturated carbocycles. The third-order valence-corrected chi connectivity index (χ3v) is 11.0. The minimum atomic E-state index is 0.856. The lowest BCUT2D eigenvalue weighted by Gasteiger charge is -2.20. The molecule has 0 fully saturated rings. The topological polar surface area (TPSA) is 17.8 Å². The molecule has 10 rings (SSSR count). The summed E-state index contributed by atoms with van der Waals surface area (Å²) in [5.74, 6) is 1.07. The predicted octanol–water partition coefficient (Wildman–Crippen LogP) is 14.2. The van der Waals surface area contributed by atoms with Crippen molar-refractivity contribution in [3.8, 4) is 61.3 Å². The Morgan fingerprint density at radius 1 is 0.382 bits per heavy atom. The van der Waals surface area contributed by atoms with Crippen molar-refractivity contribution in [2.45, 2.75) is 13.3 Å². The van der Waals surface area contributed by atoms with Crippen LogP contribution < -0.4 is 0 Å². The number of hydrogen-bond acceptors (Lipinski definition) is 1. The summed E-state index contributed by atoms with van der Waals surface area (Å²) in [7, 11) is 0. The molecule has 0 aliphatic heterocycles. The van der Waals surface area contributed by atoms with Crippen molar-refractivity contribution in [2.24, 2.45) is 0 Å². The van der Waals surface area contributed by atoms with E-state index in [9.17, 15) is 0 Å². The quantitative estimate of drug-likeness (QED) is 0.151. The minimum absolute atomic E-state index is 0.856. The molecular weight excluding hydrogens is 665 g/mol. The van der Waals surface area contributed by atoms with Crippen molar-refractivity contribution in [1.82, 2.24) is 9.55 Å². The second-order valence-electron chi connectivity index (χ2n) is 14.2. The van der Waals surface area contributed by atoms with E-state index in [2.05, 4.69) is 212 Å². The summed E-state index contributed by atoms with van der Waals surface area (Å²) in [6.45, 7) is 2.17. The Hall–Kier alpha value is -7.03. The van der Waals surface area contributed by atoms with Crippen molar-refractivity contribution in [1.29, 1.82) is 0 Å². The first-order valence-corrected chi connectivity index (χ1v) is 19.1. The first kappa shape index (κ1) is 32.6. The van der Waals surface area contributed by atoms with Crippen LogP contribution in [0.3, 0.4) is 0 Å². The maximum atomic E-state index is 4.95. The minimum Gasteiger partial charge on any atom is -0.296 e. The van der Waals surface area contributed by atoms with Gasteiger partial charge in [0.25, 0.3) is 0 Å². The van der Waals surface area contributed by atoms with Crippen molar-refractivity contribution in [2.75, 3.05) is 0 Å². The molecule has 1 heterocycles. The Morgan fingerprint density at radius 3 is 1.53 bits per heavy atom. The van der Waals surface area contributed by atoms with E-state index in [1.165, 1.54) is 77.2 Å². The lowest BCUT2D eigenvalue weighted by atomic mass is 9.84. The molecule has 0 atom stereocenters. The molecule has 0 spiro atoms. The zero-order valence-corrected chi connectivity index (χ0v) is 30.7. The number of aryl methyl sites for hydroxylation is 1. The third-order valence-electron chi connectivity index (χ3n) is 11.0. The van der Waals surface area contributed by atoms with E-state index in [0.29, 0.717) is 0 Å². The van der Waals surface area contributed by atoms with Gasteiger partial charge in [0.2, 0.25) is 0 Å². The Kier molecular flexibility index (Phi) is 8.15. The van der Waals surface area contributed by atoms with Gasteiger partial charge in [-0.2, -0.15) is 0 Å². The number of rotatable bonds is 7. The SMILES string of the molecule is CCc1nc2ccccc2n1-c1ccc(-c2c3ccccc3c(-c3ccc(-c4ccccc4)cc3)c3cc(-c4ccccc4-c4ccccc4)ccc23)cc1. The fourth-order valence-electron chi connectivity index (χ4n) is 8.41.